The number of aliphatic imine (C=N–C) groups is 1. The maximum absolute atomic E-state index is 11.7. The van der Waals surface area contributed by atoms with Gasteiger partial charge in [0.05, 0.1) is 6.61 Å². The van der Waals surface area contributed by atoms with Crippen molar-refractivity contribution in [3.05, 3.63) is 23.8 Å². The summed E-state index contributed by atoms with van der Waals surface area (Å²) in [5.74, 6) is 2.01. The average molecular weight is 362 g/mol. The normalized spacial score (nSPS) is 17.3. The molecule has 3 rings (SSSR count). The predicted octanol–water partition coefficient (Wildman–Crippen LogP) is 1.48. The van der Waals surface area contributed by atoms with Gasteiger partial charge in [-0.15, -0.1) is 0 Å². The molecule has 1 aromatic rings. The minimum absolute atomic E-state index is 0.231. The lowest BCUT2D eigenvalue weighted by Crippen LogP contribution is -2.48. The summed E-state index contributed by atoms with van der Waals surface area (Å²) < 4.78 is 15.7. The molecule has 2 heterocycles. The Hall–Kier alpha value is -2.64. The maximum atomic E-state index is 11.7. The minimum Gasteiger partial charge on any atom is -0.454 e. The van der Waals surface area contributed by atoms with Crippen molar-refractivity contribution < 1.29 is 19.0 Å². The van der Waals surface area contributed by atoms with Gasteiger partial charge in [0.15, 0.2) is 17.5 Å². The predicted molar refractivity (Wildman–Crippen MR) is 97.5 cm³/mol. The third-order valence-corrected chi connectivity index (χ3v) is 4.49. The fourth-order valence-corrected chi connectivity index (χ4v) is 3.08. The van der Waals surface area contributed by atoms with Crippen molar-refractivity contribution in [1.29, 1.82) is 0 Å². The standard InChI is InChI=1S/C18H26N4O4/c1-2-24-18(23)22-9-6-14(7-10-22)21-17(19)20-8-5-13-3-4-15-16(11-13)26-12-25-15/h3-4,11,14H,2,5-10,12H2,1H3,(H3,19,20,21). The van der Waals surface area contributed by atoms with Crippen LogP contribution < -0.4 is 20.5 Å². The number of ether oxygens (including phenoxy) is 3. The van der Waals surface area contributed by atoms with Crippen LogP contribution in [0.4, 0.5) is 4.79 Å². The summed E-state index contributed by atoms with van der Waals surface area (Å²) in [6.45, 7) is 4.43. The summed E-state index contributed by atoms with van der Waals surface area (Å²) in [7, 11) is 0. The van der Waals surface area contributed by atoms with E-state index in [1.54, 1.807) is 4.90 Å². The van der Waals surface area contributed by atoms with Crippen molar-refractivity contribution in [1.82, 2.24) is 10.2 Å². The third-order valence-electron chi connectivity index (χ3n) is 4.49. The molecule has 2 aliphatic rings. The lowest BCUT2D eigenvalue weighted by atomic mass is 10.1. The summed E-state index contributed by atoms with van der Waals surface area (Å²) in [5.41, 5.74) is 7.12. The molecule has 3 N–H and O–H groups in total. The van der Waals surface area contributed by atoms with E-state index >= 15 is 0 Å². The number of piperidine rings is 1. The fourth-order valence-electron chi connectivity index (χ4n) is 3.08. The minimum atomic E-state index is -0.240. The lowest BCUT2D eigenvalue weighted by molar-refractivity contribution is 0.0963. The number of hydrogen-bond acceptors (Lipinski definition) is 5. The maximum Gasteiger partial charge on any atom is 0.409 e. The number of rotatable bonds is 5. The Morgan fingerprint density at radius 3 is 2.88 bits per heavy atom. The molecule has 0 saturated carbocycles. The van der Waals surface area contributed by atoms with Gasteiger partial charge in [-0.3, -0.25) is 4.99 Å². The van der Waals surface area contributed by atoms with Gasteiger partial charge in [-0.25, -0.2) is 4.79 Å². The molecule has 1 aromatic carbocycles. The second-order valence-corrected chi connectivity index (χ2v) is 6.31. The molecule has 26 heavy (non-hydrogen) atoms. The molecule has 2 aliphatic heterocycles. The highest BCUT2D eigenvalue weighted by atomic mass is 16.7. The van der Waals surface area contributed by atoms with Crippen LogP contribution in [-0.2, 0) is 11.2 Å². The largest absolute Gasteiger partial charge is 0.454 e. The molecule has 0 spiro atoms. The molecular formula is C18H26N4O4. The molecule has 1 amide bonds. The second kappa shape index (κ2) is 8.64. The van der Waals surface area contributed by atoms with Crippen molar-refractivity contribution in [2.24, 2.45) is 10.7 Å². The van der Waals surface area contributed by atoms with E-state index in [-0.39, 0.29) is 18.9 Å². The van der Waals surface area contributed by atoms with Crippen molar-refractivity contribution in [3.8, 4) is 11.5 Å². The van der Waals surface area contributed by atoms with E-state index in [4.69, 9.17) is 19.9 Å². The Morgan fingerprint density at radius 2 is 2.12 bits per heavy atom. The topological polar surface area (TPSA) is 98.4 Å². The molecule has 8 nitrogen and oxygen atoms in total. The van der Waals surface area contributed by atoms with Gasteiger partial charge in [0.25, 0.3) is 0 Å². The number of nitrogens with zero attached hydrogens (tertiary/aromatic N) is 2. The third kappa shape index (κ3) is 4.71. The summed E-state index contributed by atoms with van der Waals surface area (Å²) in [6, 6.07) is 6.14. The number of likely N-dealkylation sites (tertiary alicyclic amines) is 1. The van der Waals surface area contributed by atoms with Gasteiger partial charge in [-0.05, 0) is 43.9 Å². The van der Waals surface area contributed by atoms with Gasteiger partial charge in [0, 0.05) is 25.7 Å². The quantitative estimate of drug-likeness (QED) is 0.608. The van der Waals surface area contributed by atoms with Crippen molar-refractivity contribution in [2.75, 3.05) is 33.0 Å². The van der Waals surface area contributed by atoms with Crippen LogP contribution in [0.2, 0.25) is 0 Å². The van der Waals surface area contributed by atoms with Crippen LogP contribution in [0, 0.1) is 0 Å². The van der Waals surface area contributed by atoms with Gasteiger partial charge in [-0.1, -0.05) is 6.07 Å². The van der Waals surface area contributed by atoms with E-state index in [9.17, 15) is 4.79 Å². The van der Waals surface area contributed by atoms with Crippen LogP contribution in [0.3, 0.4) is 0 Å². The monoisotopic (exact) mass is 362 g/mol. The van der Waals surface area contributed by atoms with Gasteiger partial charge in [0.2, 0.25) is 6.79 Å². The Bertz CT molecular complexity index is 657. The number of nitrogens with two attached hydrogens (primary N) is 1. The molecule has 1 fully saturated rings. The number of carbonyl (C=O) groups excluding carboxylic acids is 1. The van der Waals surface area contributed by atoms with E-state index in [2.05, 4.69) is 10.3 Å². The summed E-state index contributed by atoms with van der Waals surface area (Å²) in [6.07, 6.45) is 2.20. The number of benzene rings is 1. The molecule has 1 saturated heterocycles. The zero-order valence-electron chi connectivity index (χ0n) is 15.1. The van der Waals surface area contributed by atoms with Gasteiger partial charge < -0.3 is 30.2 Å². The first kappa shape index (κ1) is 18.2. The first-order chi connectivity index (χ1) is 12.7. The zero-order valence-corrected chi connectivity index (χ0v) is 15.1. The van der Waals surface area contributed by atoms with E-state index in [0.29, 0.717) is 32.2 Å². The van der Waals surface area contributed by atoms with Crippen LogP contribution in [-0.4, -0.2) is 56.0 Å². The number of nitrogens with one attached hydrogen (secondary N) is 1. The van der Waals surface area contributed by atoms with Gasteiger partial charge in [0.1, 0.15) is 0 Å². The first-order valence-corrected chi connectivity index (χ1v) is 9.02. The highest BCUT2D eigenvalue weighted by molar-refractivity contribution is 5.78. The van der Waals surface area contributed by atoms with Crippen molar-refractivity contribution in [2.45, 2.75) is 32.2 Å². The Balaban J connectivity index is 1.40. The summed E-state index contributed by atoms with van der Waals surface area (Å²) in [5, 5.41) is 3.24. The van der Waals surface area contributed by atoms with Gasteiger partial charge in [-0.2, -0.15) is 0 Å². The van der Waals surface area contributed by atoms with Crippen LogP contribution in [0.1, 0.15) is 25.3 Å². The Labute approximate surface area is 153 Å². The highest BCUT2D eigenvalue weighted by Gasteiger charge is 2.23. The molecule has 0 aromatic heterocycles. The highest BCUT2D eigenvalue weighted by Crippen LogP contribution is 2.32. The van der Waals surface area contributed by atoms with E-state index in [1.165, 1.54) is 0 Å². The molecular weight excluding hydrogens is 336 g/mol. The smallest absolute Gasteiger partial charge is 0.409 e. The van der Waals surface area contributed by atoms with E-state index in [0.717, 1.165) is 36.3 Å². The van der Waals surface area contributed by atoms with E-state index in [1.807, 2.05) is 25.1 Å². The molecule has 8 heteroatoms. The molecule has 0 aliphatic carbocycles. The Kier molecular flexibility index (Phi) is 6.04. The zero-order chi connectivity index (χ0) is 18.4. The van der Waals surface area contributed by atoms with E-state index < -0.39 is 0 Å². The number of carbonyl (C=O) groups is 1. The summed E-state index contributed by atoms with van der Waals surface area (Å²) in [4.78, 5) is 17.8. The molecule has 0 bridgehead atoms. The van der Waals surface area contributed by atoms with Crippen LogP contribution in [0.25, 0.3) is 0 Å². The number of fused-ring (bicyclic) bond motifs is 1. The van der Waals surface area contributed by atoms with Crippen molar-refractivity contribution >= 4 is 12.1 Å². The SMILES string of the molecule is CCOC(=O)N1CCC(NC(N)=NCCc2ccc3c(c2)OCO3)CC1. The van der Waals surface area contributed by atoms with Gasteiger partial charge >= 0.3 is 6.09 Å². The van der Waals surface area contributed by atoms with Crippen LogP contribution >= 0.6 is 0 Å². The molecule has 0 unspecified atom stereocenters. The number of amides is 1. The van der Waals surface area contributed by atoms with Crippen LogP contribution in [0.5, 0.6) is 11.5 Å². The lowest BCUT2D eigenvalue weighted by Gasteiger charge is -2.31. The second-order valence-electron chi connectivity index (χ2n) is 6.31. The number of hydrogen-bond donors (Lipinski definition) is 2. The van der Waals surface area contributed by atoms with Crippen LogP contribution in [0.15, 0.2) is 23.2 Å². The molecule has 142 valence electrons. The van der Waals surface area contributed by atoms with Crippen molar-refractivity contribution in [3.63, 3.8) is 0 Å². The molecule has 0 atom stereocenters. The summed E-state index contributed by atoms with van der Waals surface area (Å²) >= 11 is 0. The molecule has 0 radical (unpaired) electrons. The first-order valence-electron chi connectivity index (χ1n) is 9.02. The fraction of sp³-hybridized carbons (Fsp3) is 0.556. The Morgan fingerprint density at radius 1 is 1.35 bits per heavy atom. The average Bonchev–Trinajstić information content (AvgIpc) is 3.10. The number of guanidine groups is 1.